The second-order valence-corrected chi connectivity index (χ2v) is 5.47. The normalized spacial score (nSPS) is 11.6. The molecule has 148 valence electrons. The Bertz CT molecular complexity index is 852. The van der Waals surface area contributed by atoms with Crippen LogP contribution >= 0.6 is 23.2 Å². The molecule has 0 radical (unpaired) electrons. The summed E-state index contributed by atoms with van der Waals surface area (Å²) in [5.41, 5.74) is -3.71. The first-order chi connectivity index (χ1) is 12.1. The van der Waals surface area contributed by atoms with Gasteiger partial charge in [-0.05, 0) is 18.2 Å². The number of rotatable bonds is 1. The summed E-state index contributed by atoms with van der Waals surface area (Å²) in [6.07, 6.45) is -9.37. The molecule has 3 nitrogen and oxygen atoms in total. The zero-order valence-corrected chi connectivity index (χ0v) is 13.9. The first kappa shape index (κ1) is 22.9. The Morgan fingerprint density at radius 3 is 1.70 bits per heavy atom. The summed E-state index contributed by atoms with van der Waals surface area (Å²) >= 11 is 10.3. The van der Waals surface area contributed by atoms with Crippen LogP contribution in [0.3, 0.4) is 0 Å². The molecule has 0 amide bonds. The molecule has 0 aliphatic rings. The maximum absolute atomic E-state index is 12.8. The second kappa shape index (κ2) is 8.26. The van der Waals surface area contributed by atoms with Crippen molar-refractivity contribution in [3.8, 4) is 0 Å². The predicted molar refractivity (Wildman–Crippen MR) is 79.5 cm³/mol. The van der Waals surface area contributed by atoms with E-state index in [9.17, 15) is 45.2 Å². The lowest BCUT2D eigenvalue weighted by atomic mass is 10.2. The minimum absolute atomic E-state index is 0.0671. The Hall–Kier alpha value is -2.14. The van der Waals surface area contributed by atoms with Crippen LogP contribution in [0.2, 0.25) is 10.0 Å². The summed E-state index contributed by atoms with van der Waals surface area (Å²) in [6, 6.07) is 2.29. The van der Waals surface area contributed by atoms with Gasteiger partial charge in [0.05, 0.1) is 26.1 Å². The van der Waals surface area contributed by atoms with Crippen molar-refractivity contribution in [1.82, 2.24) is 0 Å². The van der Waals surface area contributed by atoms with Gasteiger partial charge >= 0.3 is 18.0 Å². The van der Waals surface area contributed by atoms with E-state index in [4.69, 9.17) is 23.2 Å². The number of alkyl halides is 6. The highest BCUT2D eigenvalue weighted by atomic mass is 35.5. The van der Waals surface area contributed by atoms with Gasteiger partial charge in [-0.15, -0.1) is 0 Å². The third-order valence-electron chi connectivity index (χ3n) is 2.78. The topological polar surface area (TPSA) is 43.1 Å². The van der Waals surface area contributed by atoms with Gasteiger partial charge in [-0.2, -0.15) is 30.7 Å². The fraction of sp³-hybridized carbons (Fsp3) is 0.143. The molecule has 0 fully saturated rings. The number of nitro benzene ring substituents is 1. The van der Waals surface area contributed by atoms with Crippen LogP contribution in [0.1, 0.15) is 11.1 Å². The van der Waals surface area contributed by atoms with Crippen molar-refractivity contribution in [3.05, 3.63) is 73.3 Å². The summed E-state index contributed by atoms with van der Waals surface area (Å²) < 4.78 is 97.6. The monoisotopic (exact) mass is 441 g/mol. The SMILES string of the molecule is Fc1ccc(C(F)(F)F)c(Cl)c1.O=[N+]([O-])c1cc(C(F)(F)F)c(Cl)cc1F. The van der Waals surface area contributed by atoms with E-state index in [1.165, 1.54) is 0 Å². The maximum atomic E-state index is 12.8. The van der Waals surface area contributed by atoms with Crippen LogP contribution in [-0.2, 0) is 12.4 Å². The van der Waals surface area contributed by atoms with Crippen LogP contribution in [0.25, 0.3) is 0 Å². The highest BCUT2D eigenvalue weighted by Crippen LogP contribution is 2.38. The molecule has 0 aliphatic carbocycles. The van der Waals surface area contributed by atoms with Gasteiger partial charge in [-0.25, -0.2) is 4.39 Å². The van der Waals surface area contributed by atoms with Gasteiger partial charge in [0.25, 0.3) is 0 Å². The van der Waals surface area contributed by atoms with Gasteiger partial charge in [0.2, 0.25) is 5.82 Å². The van der Waals surface area contributed by atoms with E-state index >= 15 is 0 Å². The van der Waals surface area contributed by atoms with Gasteiger partial charge in [0.15, 0.2) is 0 Å². The molecule has 0 saturated heterocycles. The molecule has 0 aromatic heterocycles. The standard InChI is InChI=1S/C7H2ClF4NO2.C7H3ClF4/c8-4-2-5(9)6(13(14)15)1-3(4)7(10,11)12;8-6-3-4(9)1-2-5(6)7(10,11)12/h1-2H;1-3H. The molecule has 2 aromatic rings. The lowest BCUT2D eigenvalue weighted by molar-refractivity contribution is -0.387. The molecule has 27 heavy (non-hydrogen) atoms. The van der Waals surface area contributed by atoms with Gasteiger partial charge in [-0.3, -0.25) is 10.1 Å². The summed E-state index contributed by atoms with van der Waals surface area (Å²) in [7, 11) is 0. The first-order valence-corrected chi connectivity index (χ1v) is 7.13. The summed E-state index contributed by atoms with van der Waals surface area (Å²) in [6.45, 7) is 0. The smallest absolute Gasteiger partial charge is 0.258 e. The Balaban J connectivity index is 0.000000277. The van der Waals surface area contributed by atoms with Crippen molar-refractivity contribution < 1.29 is 40.0 Å². The zero-order valence-electron chi connectivity index (χ0n) is 12.4. The summed E-state index contributed by atoms with van der Waals surface area (Å²) in [4.78, 5) is 8.92. The molecular formula is C14H5Cl2F8NO2. The van der Waals surface area contributed by atoms with Crippen molar-refractivity contribution in [1.29, 1.82) is 0 Å². The predicted octanol–water partition coefficient (Wildman–Crippen LogP) is 6.90. The molecule has 0 unspecified atom stereocenters. The number of hydrogen-bond donors (Lipinski definition) is 0. The van der Waals surface area contributed by atoms with Crippen LogP contribution in [0.5, 0.6) is 0 Å². The molecule has 0 bridgehead atoms. The van der Waals surface area contributed by atoms with E-state index in [0.717, 1.165) is 0 Å². The van der Waals surface area contributed by atoms with Gasteiger partial charge < -0.3 is 0 Å². The van der Waals surface area contributed by atoms with Crippen LogP contribution in [-0.4, -0.2) is 4.92 Å². The van der Waals surface area contributed by atoms with E-state index in [0.29, 0.717) is 18.2 Å². The van der Waals surface area contributed by atoms with E-state index in [2.05, 4.69) is 0 Å². The molecule has 0 saturated carbocycles. The molecule has 0 spiro atoms. The highest BCUT2D eigenvalue weighted by molar-refractivity contribution is 6.31. The van der Waals surface area contributed by atoms with Crippen molar-refractivity contribution in [2.75, 3.05) is 0 Å². The zero-order chi connectivity index (χ0) is 21.2. The number of nitrogens with zero attached hydrogens (tertiary/aromatic N) is 1. The highest BCUT2D eigenvalue weighted by Gasteiger charge is 2.36. The first-order valence-electron chi connectivity index (χ1n) is 6.37. The summed E-state index contributed by atoms with van der Waals surface area (Å²) in [5, 5.41) is 8.63. The Kier molecular flexibility index (Phi) is 7.00. The molecule has 13 heteroatoms. The molecule has 2 aromatic carbocycles. The average molecular weight is 442 g/mol. The van der Waals surface area contributed by atoms with Crippen LogP contribution in [0.15, 0.2) is 30.3 Å². The van der Waals surface area contributed by atoms with Crippen molar-refractivity contribution in [2.45, 2.75) is 12.4 Å². The third kappa shape index (κ3) is 6.21. The molecule has 0 aliphatic heterocycles. The largest absolute Gasteiger partial charge is 0.418 e. The second-order valence-electron chi connectivity index (χ2n) is 4.66. The molecule has 0 atom stereocenters. The van der Waals surface area contributed by atoms with Gasteiger partial charge in [0, 0.05) is 12.1 Å². The van der Waals surface area contributed by atoms with E-state index in [1.807, 2.05) is 0 Å². The van der Waals surface area contributed by atoms with Crippen molar-refractivity contribution in [2.24, 2.45) is 0 Å². The molecule has 2 rings (SSSR count). The lowest BCUT2D eigenvalue weighted by Gasteiger charge is -2.08. The number of halogens is 10. The lowest BCUT2D eigenvalue weighted by Crippen LogP contribution is -2.07. The number of nitro groups is 1. The maximum Gasteiger partial charge on any atom is 0.418 e. The molecule has 0 N–H and O–H groups in total. The fourth-order valence-corrected chi connectivity index (χ4v) is 2.15. The van der Waals surface area contributed by atoms with E-state index in [-0.39, 0.29) is 12.1 Å². The fourth-order valence-electron chi connectivity index (χ4n) is 1.61. The van der Waals surface area contributed by atoms with E-state index < -0.39 is 55.8 Å². The third-order valence-corrected chi connectivity index (χ3v) is 3.40. The average Bonchev–Trinajstić information content (AvgIpc) is 2.44. The Morgan fingerprint density at radius 1 is 0.815 bits per heavy atom. The molecular weight excluding hydrogens is 437 g/mol. The van der Waals surface area contributed by atoms with E-state index in [1.54, 1.807) is 0 Å². The Morgan fingerprint density at radius 2 is 1.30 bits per heavy atom. The minimum atomic E-state index is -4.85. The minimum Gasteiger partial charge on any atom is -0.258 e. The molecule has 0 heterocycles. The van der Waals surface area contributed by atoms with Crippen molar-refractivity contribution in [3.63, 3.8) is 0 Å². The summed E-state index contributed by atoms with van der Waals surface area (Å²) in [5.74, 6) is -2.19. The van der Waals surface area contributed by atoms with Crippen LogP contribution < -0.4 is 0 Å². The van der Waals surface area contributed by atoms with Crippen LogP contribution in [0.4, 0.5) is 40.8 Å². The van der Waals surface area contributed by atoms with Crippen LogP contribution in [0, 0.1) is 21.7 Å². The number of benzene rings is 2. The quantitative estimate of drug-likeness (QED) is 0.274. The Labute approximate surface area is 155 Å². The van der Waals surface area contributed by atoms with Gasteiger partial charge in [-0.1, -0.05) is 23.2 Å². The number of hydrogen-bond acceptors (Lipinski definition) is 2. The van der Waals surface area contributed by atoms with Gasteiger partial charge in [0.1, 0.15) is 5.82 Å². The van der Waals surface area contributed by atoms with Crippen molar-refractivity contribution >= 4 is 28.9 Å².